The van der Waals surface area contributed by atoms with E-state index in [-0.39, 0.29) is 40.7 Å². The van der Waals surface area contributed by atoms with Crippen LogP contribution >= 0.6 is 11.6 Å². The molecule has 4 heterocycles. The van der Waals surface area contributed by atoms with Gasteiger partial charge in [0.15, 0.2) is 11.6 Å². The molecule has 8 nitrogen and oxygen atoms in total. The maximum absolute atomic E-state index is 14.5. The number of carboxylic acid groups (broad SMARTS) is 1. The summed E-state index contributed by atoms with van der Waals surface area (Å²) in [4.78, 5) is 23.2. The predicted molar refractivity (Wildman–Crippen MR) is 144 cm³/mol. The molecule has 2 aromatic heterocycles. The Morgan fingerprint density at radius 1 is 1.10 bits per heavy atom. The number of likely N-dealkylation sites (tertiary alicyclic amines) is 1. The zero-order valence-electron chi connectivity index (χ0n) is 21.5. The Hall–Kier alpha value is -3.60. The number of halogens is 3. The monoisotopic (exact) mass is 568 g/mol. The van der Waals surface area contributed by atoms with Crippen molar-refractivity contribution in [1.29, 1.82) is 0 Å². The summed E-state index contributed by atoms with van der Waals surface area (Å²) in [5.74, 6) is -1.20. The molecule has 0 bridgehead atoms. The molecular weight excluding hydrogens is 542 g/mol. The van der Waals surface area contributed by atoms with Gasteiger partial charge in [0, 0.05) is 29.8 Å². The second kappa shape index (κ2) is 11.1. The van der Waals surface area contributed by atoms with Crippen molar-refractivity contribution >= 4 is 28.6 Å². The van der Waals surface area contributed by atoms with Gasteiger partial charge in [-0.15, -0.1) is 0 Å². The molecule has 0 radical (unpaired) electrons. The molecule has 0 spiro atoms. The van der Waals surface area contributed by atoms with Gasteiger partial charge in [0.1, 0.15) is 23.9 Å². The van der Waals surface area contributed by atoms with Gasteiger partial charge in [-0.05, 0) is 67.9 Å². The highest BCUT2D eigenvalue weighted by Crippen LogP contribution is 2.30. The average Bonchev–Trinajstić information content (AvgIpc) is 3.50. The molecule has 6 rings (SSSR count). The van der Waals surface area contributed by atoms with Gasteiger partial charge in [-0.3, -0.25) is 9.88 Å². The summed E-state index contributed by atoms with van der Waals surface area (Å²) in [6.07, 6.45) is 1.87. The minimum Gasteiger partial charge on any atom is -0.484 e. The SMILES string of the molecule is O=C(O)c1ccc2nc(CN3CC[C@@H](c4ccc(F)c(COc5ccc(Cl)cc5F)n4)C3)n(CC3CCO3)c2c1. The van der Waals surface area contributed by atoms with Crippen LogP contribution in [0.3, 0.4) is 0 Å². The Labute approximate surface area is 234 Å². The molecule has 11 heteroatoms. The predicted octanol–water partition coefficient (Wildman–Crippen LogP) is 5.42. The van der Waals surface area contributed by atoms with Crippen LogP contribution in [0, 0.1) is 11.6 Å². The average molecular weight is 569 g/mol. The summed E-state index contributed by atoms with van der Waals surface area (Å²) in [5, 5.41) is 9.73. The summed E-state index contributed by atoms with van der Waals surface area (Å²) in [6, 6.07) is 12.1. The fraction of sp³-hybridized carbons (Fsp3) is 0.345. The summed E-state index contributed by atoms with van der Waals surface area (Å²) in [5.41, 5.74) is 2.61. The Morgan fingerprint density at radius 3 is 2.70 bits per heavy atom. The molecule has 1 unspecified atom stereocenters. The quantitative estimate of drug-likeness (QED) is 0.288. The lowest BCUT2D eigenvalue weighted by Crippen LogP contribution is -2.32. The van der Waals surface area contributed by atoms with Crippen LogP contribution < -0.4 is 4.74 Å². The van der Waals surface area contributed by atoms with Crippen LogP contribution in [0.5, 0.6) is 5.75 Å². The number of rotatable bonds is 9. The van der Waals surface area contributed by atoms with Crippen molar-refractivity contribution in [3.05, 3.63) is 88.0 Å². The molecule has 2 aliphatic heterocycles. The van der Waals surface area contributed by atoms with Crippen molar-refractivity contribution in [3.63, 3.8) is 0 Å². The van der Waals surface area contributed by atoms with Gasteiger partial charge in [-0.2, -0.15) is 0 Å². The van der Waals surface area contributed by atoms with E-state index in [2.05, 4.69) is 14.5 Å². The van der Waals surface area contributed by atoms with Crippen molar-refractivity contribution in [2.75, 3.05) is 19.7 Å². The van der Waals surface area contributed by atoms with Crippen LogP contribution in [0.1, 0.15) is 46.3 Å². The van der Waals surface area contributed by atoms with Crippen molar-refractivity contribution < 1.29 is 28.2 Å². The van der Waals surface area contributed by atoms with Crippen LogP contribution in [-0.2, 0) is 24.4 Å². The molecule has 40 heavy (non-hydrogen) atoms. The number of nitrogens with zero attached hydrogens (tertiary/aromatic N) is 4. The van der Waals surface area contributed by atoms with Gasteiger partial charge < -0.3 is 19.1 Å². The molecule has 2 aromatic carbocycles. The zero-order chi connectivity index (χ0) is 27.8. The highest BCUT2D eigenvalue weighted by Gasteiger charge is 2.28. The first kappa shape index (κ1) is 26.6. The minimum absolute atomic E-state index is 0.0197. The van der Waals surface area contributed by atoms with Crippen LogP contribution in [0.4, 0.5) is 8.78 Å². The van der Waals surface area contributed by atoms with E-state index >= 15 is 0 Å². The van der Waals surface area contributed by atoms with E-state index in [1.54, 1.807) is 24.3 Å². The third-order valence-electron chi connectivity index (χ3n) is 7.51. The van der Waals surface area contributed by atoms with Crippen molar-refractivity contribution in [1.82, 2.24) is 19.4 Å². The van der Waals surface area contributed by atoms with E-state index in [0.29, 0.717) is 19.6 Å². The van der Waals surface area contributed by atoms with Crippen molar-refractivity contribution in [3.8, 4) is 5.75 Å². The van der Waals surface area contributed by atoms with Crippen molar-refractivity contribution in [2.45, 2.75) is 44.6 Å². The van der Waals surface area contributed by atoms with Crippen LogP contribution in [-0.4, -0.2) is 56.3 Å². The van der Waals surface area contributed by atoms with Gasteiger partial charge in [-0.25, -0.2) is 18.6 Å². The van der Waals surface area contributed by atoms with Gasteiger partial charge in [-0.1, -0.05) is 11.6 Å². The molecule has 2 atom stereocenters. The second-order valence-electron chi connectivity index (χ2n) is 10.2. The number of aromatic carboxylic acids is 1. The number of benzene rings is 2. The van der Waals surface area contributed by atoms with E-state index in [1.807, 2.05) is 0 Å². The molecule has 4 aromatic rings. The smallest absolute Gasteiger partial charge is 0.335 e. The lowest BCUT2D eigenvalue weighted by molar-refractivity contribution is -0.0591. The van der Waals surface area contributed by atoms with E-state index in [0.717, 1.165) is 54.6 Å². The number of fused-ring (bicyclic) bond motifs is 1. The van der Waals surface area contributed by atoms with Crippen LogP contribution in [0.2, 0.25) is 5.02 Å². The number of carboxylic acids is 1. The highest BCUT2D eigenvalue weighted by atomic mass is 35.5. The second-order valence-corrected chi connectivity index (χ2v) is 10.6. The highest BCUT2D eigenvalue weighted by molar-refractivity contribution is 6.30. The van der Waals surface area contributed by atoms with Crippen LogP contribution in [0.25, 0.3) is 11.0 Å². The number of hydrogen-bond acceptors (Lipinski definition) is 6. The van der Waals surface area contributed by atoms with Gasteiger partial charge >= 0.3 is 5.97 Å². The number of ether oxygens (including phenoxy) is 2. The summed E-state index contributed by atoms with van der Waals surface area (Å²) in [7, 11) is 0. The molecule has 1 N–H and O–H groups in total. The van der Waals surface area contributed by atoms with E-state index < -0.39 is 17.6 Å². The van der Waals surface area contributed by atoms with Gasteiger partial charge in [0.25, 0.3) is 0 Å². The third kappa shape index (κ3) is 5.52. The molecule has 0 aliphatic carbocycles. The lowest BCUT2D eigenvalue weighted by atomic mass is 10.0. The molecule has 2 saturated heterocycles. The Kier molecular flexibility index (Phi) is 7.39. The number of imidazole rings is 1. The summed E-state index contributed by atoms with van der Waals surface area (Å²) in [6.45, 7) is 3.22. The summed E-state index contributed by atoms with van der Waals surface area (Å²) >= 11 is 5.79. The number of aromatic nitrogens is 3. The molecule has 0 amide bonds. The van der Waals surface area contributed by atoms with E-state index in [9.17, 15) is 18.7 Å². The fourth-order valence-corrected chi connectivity index (χ4v) is 5.41. The van der Waals surface area contributed by atoms with Gasteiger partial charge in [0.05, 0.1) is 35.8 Å². The van der Waals surface area contributed by atoms with E-state index in [1.165, 1.54) is 18.2 Å². The summed E-state index contributed by atoms with van der Waals surface area (Å²) < 4.78 is 41.8. The first-order chi connectivity index (χ1) is 19.3. The van der Waals surface area contributed by atoms with Crippen LogP contribution in [0.15, 0.2) is 48.5 Å². The molecule has 2 fully saturated rings. The molecule has 208 valence electrons. The minimum atomic E-state index is -0.978. The Bertz CT molecular complexity index is 1580. The maximum atomic E-state index is 14.5. The standard InChI is InChI=1S/C29H27ClF2N4O4/c30-19-2-6-27(22(32)12-19)40-16-25-21(31)3-5-23(33-25)18-7-9-35(13-18)15-28-34-24-4-1-17(29(37)38)11-26(24)36(28)14-20-8-10-39-20/h1-6,11-12,18,20H,7-10,13-16H2,(H,37,38)/t18-,20?/m1/s1. The first-order valence-electron chi connectivity index (χ1n) is 13.1. The Balaban J connectivity index is 1.17. The number of carbonyl (C=O) groups is 1. The zero-order valence-corrected chi connectivity index (χ0v) is 22.3. The number of pyridine rings is 1. The third-order valence-corrected chi connectivity index (χ3v) is 7.74. The Morgan fingerprint density at radius 2 is 1.95 bits per heavy atom. The maximum Gasteiger partial charge on any atom is 0.335 e. The topological polar surface area (TPSA) is 89.7 Å². The lowest BCUT2D eigenvalue weighted by Gasteiger charge is -2.28. The molecule has 0 saturated carbocycles. The number of hydrogen-bond donors (Lipinski definition) is 1. The van der Waals surface area contributed by atoms with E-state index in [4.69, 9.17) is 26.1 Å². The van der Waals surface area contributed by atoms with Crippen molar-refractivity contribution in [2.24, 2.45) is 0 Å². The van der Waals surface area contributed by atoms with Gasteiger partial charge in [0.2, 0.25) is 0 Å². The first-order valence-corrected chi connectivity index (χ1v) is 13.5. The fourth-order valence-electron chi connectivity index (χ4n) is 5.25. The molecular formula is C29H27ClF2N4O4. The molecule has 2 aliphatic rings. The normalized spacial score (nSPS) is 19.2. The largest absolute Gasteiger partial charge is 0.484 e.